The van der Waals surface area contributed by atoms with Crippen molar-refractivity contribution in [2.45, 2.75) is 44.6 Å². The maximum absolute atomic E-state index is 13.0. The van der Waals surface area contributed by atoms with Gasteiger partial charge in [-0.15, -0.1) is 0 Å². The Labute approximate surface area is 205 Å². The summed E-state index contributed by atoms with van der Waals surface area (Å²) in [6.07, 6.45) is 4.09. The molecule has 0 aromatic carbocycles. The molecule has 1 aliphatic carbocycles. The molecule has 4 aromatic rings. The number of fused-ring (bicyclic) bond motifs is 1. The molecule has 0 radical (unpaired) electrons. The van der Waals surface area contributed by atoms with E-state index >= 15 is 0 Å². The number of nitrogens with one attached hydrogen (secondary N) is 3. The lowest BCUT2D eigenvalue weighted by atomic mass is 9.92. The Bertz CT molecular complexity index is 1470. The summed E-state index contributed by atoms with van der Waals surface area (Å²) >= 11 is 1.32. The van der Waals surface area contributed by atoms with Gasteiger partial charge in [-0.3, -0.25) is 14.7 Å². The van der Waals surface area contributed by atoms with Crippen molar-refractivity contribution in [2.75, 3.05) is 17.7 Å². The molecule has 0 bridgehead atoms. The summed E-state index contributed by atoms with van der Waals surface area (Å²) in [7, 11) is 3.43. The maximum Gasteiger partial charge on any atom is 0.320 e. The topological polar surface area (TPSA) is 132 Å². The fraction of sp³-hybridized carbons (Fsp3) is 0.391. The van der Waals surface area contributed by atoms with Crippen molar-refractivity contribution in [3.8, 4) is 5.69 Å². The molecule has 1 aliphatic rings. The van der Waals surface area contributed by atoms with Gasteiger partial charge in [0.15, 0.2) is 0 Å². The van der Waals surface area contributed by atoms with Crippen LogP contribution in [-0.4, -0.2) is 47.8 Å². The van der Waals surface area contributed by atoms with Crippen LogP contribution in [0.15, 0.2) is 34.7 Å². The number of carbonyl (C=O) groups excluding carboxylic acids is 1. The number of carbonyl (C=O) groups is 1. The van der Waals surface area contributed by atoms with Gasteiger partial charge in [0.2, 0.25) is 5.95 Å². The number of rotatable bonds is 5. The number of anilines is 2. The van der Waals surface area contributed by atoms with Crippen LogP contribution in [0.25, 0.3) is 16.7 Å². The Morgan fingerprint density at radius 3 is 2.71 bits per heavy atom. The molecule has 0 spiro atoms. The molecule has 182 valence electrons. The molecule has 4 aromatic heterocycles. The quantitative estimate of drug-likeness (QED) is 0.389. The molecule has 35 heavy (non-hydrogen) atoms. The molecule has 2 amide bonds. The first-order chi connectivity index (χ1) is 16.7. The number of pyridine rings is 1. The van der Waals surface area contributed by atoms with E-state index in [1.165, 1.54) is 16.1 Å². The molecule has 4 heterocycles. The van der Waals surface area contributed by atoms with Gasteiger partial charge in [-0.1, -0.05) is 20.8 Å². The van der Waals surface area contributed by atoms with Gasteiger partial charge in [0.05, 0.1) is 17.6 Å². The average Bonchev–Trinajstić information content (AvgIpc) is 3.19. The molecule has 0 saturated heterocycles. The van der Waals surface area contributed by atoms with E-state index in [2.05, 4.69) is 56.2 Å². The number of urea groups is 1. The minimum atomic E-state index is -0.345. The van der Waals surface area contributed by atoms with Crippen LogP contribution in [-0.2, 0) is 12.5 Å². The molecule has 5 rings (SSSR count). The minimum absolute atomic E-state index is 0.0658. The Morgan fingerprint density at radius 2 is 2.03 bits per heavy atom. The van der Waals surface area contributed by atoms with Crippen molar-refractivity contribution in [3.05, 3.63) is 51.5 Å². The predicted molar refractivity (Wildman–Crippen MR) is 136 cm³/mol. The smallest absolute Gasteiger partial charge is 0.320 e. The Hall–Kier alpha value is -3.80. The van der Waals surface area contributed by atoms with Crippen molar-refractivity contribution in [3.63, 3.8) is 0 Å². The van der Waals surface area contributed by atoms with E-state index in [-0.39, 0.29) is 29.0 Å². The molecule has 1 saturated carbocycles. The SMILES string of the molecule is CNc1ncc2cc(C3CC3NC(=O)Nc3cc(C(C)(C)C)nn3-c3cnsc3)c(=O)n(C)c2n1. The van der Waals surface area contributed by atoms with Crippen LogP contribution >= 0.6 is 11.5 Å². The van der Waals surface area contributed by atoms with Crippen LogP contribution in [0.3, 0.4) is 0 Å². The fourth-order valence-corrected chi connectivity index (χ4v) is 4.51. The lowest BCUT2D eigenvalue weighted by Gasteiger charge is -2.13. The van der Waals surface area contributed by atoms with Crippen LogP contribution in [0.4, 0.5) is 16.6 Å². The summed E-state index contributed by atoms with van der Waals surface area (Å²) in [6.45, 7) is 6.20. The third-order valence-corrected chi connectivity index (χ3v) is 6.66. The molecule has 12 heteroatoms. The summed E-state index contributed by atoms with van der Waals surface area (Å²) in [6, 6.07) is 3.22. The number of aryl methyl sites for hydroxylation is 1. The summed E-state index contributed by atoms with van der Waals surface area (Å²) in [5.41, 5.74) is 2.55. The third kappa shape index (κ3) is 4.36. The lowest BCUT2D eigenvalue weighted by Crippen LogP contribution is -2.32. The summed E-state index contributed by atoms with van der Waals surface area (Å²) in [4.78, 5) is 34.5. The van der Waals surface area contributed by atoms with E-state index < -0.39 is 0 Å². The van der Waals surface area contributed by atoms with Crippen LogP contribution in [0.2, 0.25) is 0 Å². The zero-order chi connectivity index (χ0) is 24.9. The average molecular weight is 494 g/mol. The van der Waals surface area contributed by atoms with Gasteiger partial charge in [-0.05, 0) is 24.0 Å². The summed E-state index contributed by atoms with van der Waals surface area (Å²) < 4.78 is 7.37. The van der Waals surface area contributed by atoms with Crippen molar-refractivity contribution >= 4 is 40.4 Å². The highest BCUT2D eigenvalue weighted by molar-refractivity contribution is 7.03. The number of nitrogens with zero attached hydrogens (tertiary/aromatic N) is 6. The fourth-order valence-electron chi connectivity index (χ4n) is 4.01. The van der Waals surface area contributed by atoms with Crippen LogP contribution in [0.5, 0.6) is 0 Å². The van der Waals surface area contributed by atoms with Gasteiger partial charge in [-0.2, -0.15) is 14.5 Å². The summed E-state index contributed by atoms with van der Waals surface area (Å²) in [5, 5.41) is 16.1. The number of amides is 2. The van der Waals surface area contributed by atoms with Gasteiger partial charge in [0.25, 0.3) is 5.56 Å². The molecule has 0 aliphatic heterocycles. The predicted octanol–water partition coefficient (Wildman–Crippen LogP) is 2.99. The van der Waals surface area contributed by atoms with Gasteiger partial charge in [0.1, 0.15) is 11.5 Å². The van der Waals surface area contributed by atoms with Crippen molar-refractivity contribution in [1.82, 2.24) is 34.0 Å². The zero-order valence-electron chi connectivity index (χ0n) is 20.2. The minimum Gasteiger partial charge on any atom is -0.357 e. The van der Waals surface area contributed by atoms with Crippen LogP contribution < -0.4 is 21.5 Å². The second-order valence-corrected chi connectivity index (χ2v) is 10.4. The molecular formula is C23H27N9O2S. The monoisotopic (exact) mass is 493 g/mol. The second-order valence-electron chi connectivity index (χ2n) is 9.69. The Kier molecular flexibility index (Phi) is 5.55. The zero-order valence-corrected chi connectivity index (χ0v) is 21.0. The largest absolute Gasteiger partial charge is 0.357 e. The number of aromatic nitrogens is 6. The Balaban J connectivity index is 1.33. The first-order valence-electron chi connectivity index (χ1n) is 11.3. The normalized spacial score (nSPS) is 17.4. The first kappa shape index (κ1) is 23.0. The maximum atomic E-state index is 13.0. The Morgan fingerprint density at radius 1 is 1.23 bits per heavy atom. The second kappa shape index (κ2) is 8.45. The molecule has 2 unspecified atom stereocenters. The van der Waals surface area contributed by atoms with E-state index in [0.717, 1.165) is 16.8 Å². The molecule has 2 atom stereocenters. The van der Waals surface area contributed by atoms with E-state index in [1.54, 1.807) is 31.2 Å². The molecule has 1 fully saturated rings. The number of hydrogen-bond donors (Lipinski definition) is 3. The lowest BCUT2D eigenvalue weighted by molar-refractivity contribution is 0.251. The van der Waals surface area contributed by atoms with E-state index in [4.69, 9.17) is 0 Å². The molecule has 11 nitrogen and oxygen atoms in total. The summed E-state index contributed by atoms with van der Waals surface area (Å²) in [5.74, 6) is 0.947. The van der Waals surface area contributed by atoms with Gasteiger partial charge < -0.3 is 10.6 Å². The van der Waals surface area contributed by atoms with Crippen molar-refractivity contribution in [1.29, 1.82) is 0 Å². The van der Waals surface area contributed by atoms with E-state index in [0.29, 0.717) is 29.4 Å². The van der Waals surface area contributed by atoms with Gasteiger partial charge in [-0.25, -0.2) is 14.5 Å². The highest BCUT2D eigenvalue weighted by Crippen LogP contribution is 2.40. The van der Waals surface area contributed by atoms with E-state index in [9.17, 15) is 9.59 Å². The molecule has 3 N–H and O–H groups in total. The van der Waals surface area contributed by atoms with Crippen molar-refractivity contribution < 1.29 is 4.79 Å². The highest BCUT2D eigenvalue weighted by atomic mass is 32.1. The third-order valence-electron chi connectivity index (χ3n) is 6.09. The molecular weight excluding hydrogens is 466 g/mol. The van der Waals surface area contributed by atoms with Crippen LogP contribution in [0, 0.1) is 0 Å². The standard InChI is InChI=1S/C23H27N9O2S/c1-23(2,3)17-8-18(32(30-17)13-10-26-35-11-13)28-22(34)27-16-7-14(16)15-6-12-9-25-21(24-4)29-19(12)31(5)20(15)33/h6,8-11,14,16H,7H2,1-5H3,(H,24,25,29)(H2,27,28,34). The van der Waals surface area contributed by atoms with E-state index in [1.807, 2.05) is 17.5 Å². The number of hydrogen-bond acceptors (Lipinski definition) is 8. The highest BCUT2D eigenvalue weighted by Gasteiger charge is 2.42. The van der Waals surface area contributed by atoms with Crippen LogP contribution in [0.1, 0.15) is 44.4 Å². The first-order valence-corrected chi connectivity index (χ1v) is 12.1. The van der Waals surface area contributed by atoms with Crippen molar-refractivity contribution in [2.24, 2.45) is 7.05 Å². The van der Waals surface area contributed by atoms with Gasteiger partial charge in [0, 0.05) is 60.1 Å². The van der Waals surface area contributed by atoms with Gasteiger partial charge >= 0.3 is 6.03 Å².